The highest BCUT2D eigenvalue weighted by molar-refractivity contribution is 5.90. The molecule has 7 heteroatoms. The number of carbonyl (C=O) groups is 2. The van der Waals surface area contributed by atoms with Crippen LogP contribution in [0.4, 0.5) is 0 Å². The zero-order valence-corrected chi connectivity index (χ0v) is 18.0. The molecule has 2 aromatic carbocycles. The van der Waals surface area contributed by atoms with Crippen LogP contribution in [-0.4, -0.2) is 40.0 Å². The highest BCUT2D eigenvalue weighted by Gasteiger charge is 2.25. The summed E-state index contributed by atoms with van der Waals surface area (Å²) in [4.78, 5) is 29.7. The lowest BCUT2D eigenvalue weighted by atomic mass is 9.89. The number of aromatic nitrogens is 1. The molecule has 0 atom stereocenters. The molecule has 0 spiro atoms. The van der Waals surface area contributed by atoms with Crippen molar-refractivity contribution in [2.75, 3.05) is 13.1 Å². The molecule has 0 bridgehead atoms. The summed E-state index contributed by atoms with van der Waals surface area (Å²) < 4.78 is 11.5. The molecule has 1 amide bonds. The number of hydrogen-bond donors (Lipinski definition) is 1. The third kappa shape index (κ3) is 5.38. The van der Waals surface area contributed by atoms with Crippen LogP contribution in [0.3, 0.4) is 0 Å². The van der Waals surface area contributed by atoms with Crippen LogP contribution in [0, 0.1) is 0 Å². The minimum absolute atomic E-state index is 0.00158. The molecular weight excluding hydrogens is 420 g/mol. The summed E-state index contributed by atoms with van der Waals surface area (Å²) in [5, 5.41) is 9.72. The number of ether oxygens (including phenoxy) is 2. The number of amides is 1. The number of pyridine rings is 1. The molecule has 0 radical (unpaired) electrons. The van der Waals surface area contributed by atoms with E-state index in [9.17, 15) is 14.7 Å². The number of carboxylic acids is 1. The van der Waals surface area contributed by atoms with Crippen molar-refractivity contribution in [3.05, 3.63) is 90.6 Å². The number of para-hydroxylation sites is 1. The monoisotopic (exact) mass is 444 g/mol. The Balaban J connectivity index is 1.45. The largest absolute Gasteiger partial charge is 0.477 e. The minimum atomic E-state index is -1.11. The fraction of sp³-hybridized carbons (Fsp3) is 0.192. The van der Waals surface area contributed by atoms with Gasteiger partial charge in [-0.15, -0.1) is 0 Å². The van der Waals surface area contributed by atoms with Gasteiger partial charge in [0.1, 0.15) is 22.8 Å². The maximum absolute atomic E-state index is 11.9. The van der Waals surface area contributed by atoms with E-state index in [2.05, 4.69) is 11.6 Å². The highest BCUT2D eigenvalue weighted by atomic mass is 16.5. The number of carbonyl (C=O) groups excluding carboxylic acids is 1. The second-order valence-electron chi connectivity index (χ2n) is 7.72. The van der Waals surface area contributed by atoms with E-state index in [1.54, 1.807) is 41.4 Å². The van der Waals surface area contributed by atoms with Crippen LogP contribution in [0.5, 0.6) is 23.1 Å². The number of benzene rings is 2. The van der Waals surface area contributed by atoms with Crippen molar-refractivity contribution < 1.29 is 24.2 Å². The van der Waals surface area contributed by atoms with Crippen LogP contribution in [0.15, 0.2) is 79.5 Å². The lowest BCUT2D eigenvalue weighted by molar-refractivity contribution is -0.127. The molecule has 1 N–H and O–H groups in total. The van der Waals surface area contributed by atoms with Crippen molar-refractivity contribution in [2.45, 2.75) is 18.8 Å². The van der Waals surface area contributed by atoms with E-state index in [1.165, 1.54) is 6.08 Å². The fourth-order valence-electron chi connectivity index (χ4n) is 3.80. The Bertz CT molecular complexity index is 1140. The Kier molecular flexibility index (Phi) is 6.69. The van der Waals surface area contributed by atoms with Crippen molar-refractivity contribution in [2.24, 2.45) is 0 Å². The smallest absolute Gasteiger partial charge is 0.341 e. The summed E-state index contributed by atoms with van der Waals surface area (Å²) in [6, 6.07) is 17.9. The van der Waals surface area contributed by atoms with Crippen LogP contribution in [-0.2, 0) is 4.79 Å². The molecule has 0 saturated carbocycles. The molecule has 0 aliphatic carbocycles. The van der Waals surface area contributed by atoms with Gasteiger partial charge in [0.25, 0.3) is 0 Å². The first-order valence-electron chi connectivity index (χ1n) is 10.7. The van der Waals surface area contributed by atoms with Crippen molar-refractivity contribution in [1.82, 2.24) is 9.88 Å². The molecule has 4 rings (SSSR count). The number of likely N-dealkylation sites (tertiary alicyclic amines) is 1. The summed E-state index contributed by atoms with van der Waals surface area (Å²) in [6.07, 6.45) is 4.45. The minimum Gasteiger partial charge on any atom is -0.477 e. The van der Waals surface area contributed by atoms with Gasteiger partial charge in [0.15, 0.2) is 0 Å². The van der Waals surface area contributed by atoms with Gasteiger partial charge >= 0.3 is 5.97 Å². The lowest BCUT2D eigenvalue weighted by Crippen LogP contribution is -2.36. The van der Waals surface area contributed by atoms with Gasteiger partial charge < -0.3 is 19.5 Å². The third-order valence-corrected chi connectivity index (χ3v) is 5.57. The summed E-state index contributed by atoms with van der Waals surface area (Å²) >= 11 is 0. The van der Waals surface area contributed by atoms with Crippen LogP contribution in [0.2, 0.25) is 0 Å². The molecule has 1 aliphatic heterocycles. The van der Waals surface area contributed by atoms with Gasteiger partial charge in [0, 0.05) is 19.3 Å². The molecule has 1 aliphatic rings. The van der Waals surface area contributed by atoms with Crippen molar-refractivity contribution in [3.63, 3.8) is 0 Å². The number of nitrogens with zero attached hydrogens (tertiary/aromatic N) is 2. The molecule has 33 heavy (non-hydrogen) atoms. The number of hydrogen-bond acceptors (Lipinski definition) is 5. The second-order valence-corrected chi connectivity index (χ2v) is 7.72. The highest BCUT2D eigenvalue weighted by Crippen LogP contribution is 2.32. The van der Waals surface area contributed by atoms with E-state index in [0.717, 1.165) is 24.2 Å². The predicted octanol–water partition coefficient (Wildman–Crippen LogP) is 5.26. The zero-order valence-electron chi connectivity index (χ0n) is 18.0. The number of piperidine rings is 1. The maximum atomic E-state index is 11.9. The van der Waals surface area contributed by atoms with Crippen LogP contribution in [0.1, 0.15) is 34.7 Å². The van der Waals surface area contributed by atoms with Gasteiger partial charge in [-0.25, -0.2) is 9.78 Å². The van der Waals surface area contributed by atoms with Crippen molar-refractivity contribution in [1.29, 1.82) is 0 Å². The summed E-state index contributed by atoms with van der Waals surface area (Å²) in [5.74, 6) is 0.779. The average Bonchev–Trinajstić information content (AvgIpc) is 2.85. The molecule has 2 heterocycles. The Morgan fingerprint density at radius 3 is 2.18 bits per heavy atom. The molecular formula is C26H24N2O5. The topological polar surface area (TPSA) is 89.0 Å². The predicted molar refractivity (Wildman–Crippen MR) is 123 cm³/mol. The van der Waals surface area contributed by atoms with Gasteiger partial charge in [-0.3, -0.25) is 4.79 Å². The Morgan fingerprint density at radius 1 is 0.970 bits per heavy atom. The third-order valence-electron chi connectivity index (χ3n) is 5.57. The summed E-state index contributed by atoms with van der Waals surface area (Å²) in [7, 11) is 0. The van der Waals surface area contributed by atoms with Gasteiger partial charge in [0.05, 0.1) is 0 Å². The van der Waals surface area contributed by atoms with Crippen LogP contribution < -0.4 is 9.47 Å². The van der Waals surface area contributed by atoms with E-state index in [1.807, 2.05) is 30.3 Å². The lowest BCUT2D eigenvalue weighted by Gasteiger charge is -2.31. The van der Waals surface area contributed by atoms with E-state index in [-0.39, 0.29) is 23.3 Å². The van der Waals surface area contributed by atoms with E-state index in [0.29, 0.717) is 24.6 Å². The molecule has 0 unspecified atom stereocenters. The molecule has 3 aromatic rings. The zero-order chi connectivity index (χ0) is 23.2. The van der Waals surface area contributed by atoms with E-state index >= 15 is 0 Å². The standard InChI is InChI=1S/C26H24N2O5/c1-2-24(29)28-14-12-18(13-15-28)19-16-23(26(30)31)25(27-17-19)33-22-10-8-21(9-11-22)32-20-6-4-3-5-7-20/h2-11,16-18H,1,12-15H2,(H,30,31). The van der Waals surface area contributed by atoms with Gasteiger partial charge in [-0.05, 0) is 72.9 Å². The normalized spacial score (nSPS) is 13.9. The maximum Gasteiger partial charge on any atom is 0.341 e. The van der Waals surface area contributed by atoms with E-state index in [4.69, 9.17) is 9.47 Å². The van der Waals surface area contributed by atoms with Crippen LogP contribution >= 0.6 is 0 Å². The number of carboxylic acid groups (broad SMARTS) is 1. The van der Waals surface area contributed by atoms with Crippen LogP contribution in [0.25, 0.3) is 0 Å². The fourth-order valence-corrected chi connectivity index (χ4v) is 3.80. The van der Waals surface area contributed by atoms with Gasteiger partial charge in [-0.2, -0.15) is 0 Å². The van der Waals surface area contributed by atoms with E-state index < -0.39 is 5.97 Å². The van der Waals surface area contributed by atoms with Crippen molar-refractivity contribution >= 4 is 11.9 Å². The summed E-state index contributed by atoms with van der Waals surface area (Å²) in [6.45, 7) is 4.73. The first-order valence-corrected chi connectivity index (χ1v) is 10.7. The second kappa shape index (κ2) is 9.99. The quantitative estimate of drug-likeness (QED) is 0.500. The molecule has 1 saturated heterocycles. The first kappa shape index (κ1) is 22.1. The van der Waals surface area contributed by atoms with Gasteiger partial charge in [-0.1, -0.05) is 24.8 Å². The number of aromatic carboxylic acids is 1. The first-order chi connectivity index (χ1) is 16.0. The SMILES string of the molecule is C=CC(=O)N1CCC(c2cnc(Oc3ccc(Oc4ccccc4)cc3)c(C(=O)O)c2)CC1. The Hall–Kier alpha value is -4.13. The Morgan fingerprint density at radius 2 is 1.58 bits per heavy atom. The molecule has 1 fully saturated rings. The Labute approximate surface area is 191 Å². The average molecular weight is 444 g/mol. The summed E-state index contributed by atoms with van der Waals surface area (Å²) in [5.41, 5.74) is 0.832. The van der Waals surface area contributed by atoms with Gasteiger partial charge in [0.2, 0.25) is 11.8 Å². The molecule has 7 nitrogen and oxygen atoms in total. The van der Waals surface area contributed by atoms with Crippen molar-refractivity contribution in [3.8, 4) is 23.1 Å². The molecule has 1 aromatic heterocycles. The molecule has 168 valence electrons. The number of rotatable bonds is 7.